The molecule has 7 nitrogen and oxygen atoms in total. The number of benzene rings is 1. The number of methoxy groups -OCH3 is 1. The van der Waals surface area contributed by atoms with E-state index in [0.29, 0.717) is 24.2 Å². The highest BCUT2D eigenvalue weighted by Gasteiger charge is 2.28. The van der Waals surface area contributed by atoms with Gasteiger partial charge in [-0.2, -0.15) is 0 Å². The van der Waals surface area contributed by atoms with Gasteiger partial charge in [-0.05, 0) is 18.6 Å². The molecular weight excluding hydrogens is 332 g/mol. The van der Waals surface area contributed by atoms with Crippen LogP contribution < -0.4 is 5.76 Å². The van der Waals surface area contributed by atoms with Gasteiger partial charge in [-0.25, -0.2) is 4.79 Å². The third-order valence-corrected chi connectivity index (χ3v) is 5.29. The number of nitrogens with zero attached hydrogens (tertiary/aromatic N) is 2. The number of carbonyl (C=O) groups is 2. The van der Waals surface area contributed by atoms with E-state index in [2.05, 4.69) is 4.74 Å². The second-order valence-corrected chi connectivity index (χ2v) is 6.85. The number of para-hydroxylation sites is 2. The molecule has 0 bridgehead atoms. The van der Waals surface area contributed by atoms with Crippen LogP contribution in [0.4, 0.5) is 0 Å². The summed E-state index contributed by atoms with van der Waals surface area (Å²) < 4.78 is 11.1. The second kappa shape index (κ2) is 7.12. The van der Waals surface area contributed by atoms with Crippen molar-refractivity contribution in [3.05, 3.63) is 34.8 Å². The maximum atomic E-state index is 12.5. The number of oxazole rings is 1. The maximum Gasteiger partial charge on any atom is 0.420 e. The molecule has 0 unspecified atom stereocenters. The van der Waals surface area contributed by atoms with Crippen LogP contribution in [0.3, 0.4) is 0 Å². The fraction of sp³-hybridized carbons (Fsp3) is 0.438. The van der Waals surface area contributed by atoms with E-state index in [0.717, 1.165) is 6.42 Å². The second-order valence-electron chi connectivity index (χ2n) is 5.56. The number of likely N-dealkylation sites (tertiary alicyclic amines) is 1. The number of ether oxygens (including phenoxy) is 1. The fourth-order valence-corrected chi connectivity index (χ4v) is 3.78. The van der Waals surface area contributed by atoms with E-state index in [4.69, 9.17) is 4.42 Å². The predicted octanol–water partition coefficient (Wildman–Crippen LogP) is 1.10. The minimum atomic E-state index is -0.527. The number of amides is 1. The number of carbonyl (C=O) groups excluding carboxylic acids is 2. The number of esters is 1. The van der Waals surface area contributed by atoms with Gasteiger partial charge in [0.1, 0.15) is 6.54 Å². The van der Waals surface area contributed by atoms with Crippen LogP contribution in [0, 0.1) is 0 Å². The summed E-state index contributed by atoms with van der Waals surface area (Å²) in [5.41, 5.74) is 1.09. The number of fused-ring (bicyclic) bond motifs is 1. The van der Waals surface area contributed by atoms with E-state index in [1.165, 1.54) is 23.4 Å². The molecule has 1 aromatic carbocycles. The zero-order valence-electron chi connectivity index (χ0n) is 13.3. The minimum Gasteiger partial charge on any atom is -0.468 e. The number of hydrogen-bond acceptors (Lipinski definition) is 6. The fourth-order valence-electron chi connectivity index (χ4n) is 2.73. The van der Waals surface area contributed by atoms with Crippen molar-refractivity contribution in [2.24, 2.45) is 0 Å². The number of thioether (sulfide) groups is 1. The van der Waals surface area contributed by atoms with Crippen molar-refractivity contribution >= 4 is 34.7 Å². The van der Waals surface area contributed by atoms with Gasteiger partial charge in [0.15, 0.2) is 5.58 Å². The smallest absolute Gasteiger partial charge is 0.420 e. The maximum absolute atomic E-state index is 12.5. The zero-order chi connectivity index (χ0) is 17.1. The highest BCUT2D eigenvalue weighted by atomic mass is 32.2. The van der Waals surface area contributed by atoms with Gasteiger partial charge in [-0.3, -0.25) is 14.2 Å². The Kier molecular flexibility index (Phi) is 4.94. The Morgan fingerprint density at radius 1 is 1.38 bits per heavy atom. The van der Waals surface area contributed by atoms with E-state index in [-0.39, 0.29) is 29.4 Å². The molecule has 1 fully saturated rings. The van der Waals surface area contributed by atoms with Gasteiger partial charge in [0.25, 0.3) is 0 Å². The van der Waals surface area contributed by atoms with E-state index >= 15 is 0 Å². The van der Waals surface area contributed by atoms with Crippen LogP contribution in [0.5, 0.6) is 0 Å². The summed E-state index contributed by atoms with van der Waals surface area (Å²) in [6.07, 6.45) is 0.828. The molecular formula is C16H18N2O5S. The third kappa shape index (κ3) is 3.48. The first-order valence-electron chi connectivity index (χ1n) is 7.63. The largest absolute Gasteiger partial charge is 0.468 e. The van der Waals surface area contributed by atoms with Crippen molar-refractivity contribution < 1.29 is 18.7 Å². The first-order chi connectivity index (χ1) is 11.6. The summed E-state index contributed by atoms with van der Waals surface area (Å²) in [5, 5.41) is 0.214. The Morgan fingerprint density at radius 2 is 2.17 bits per heavy atom. The first kappa shape index (κ1) is 16.6. The summed E-state index contributed by atoms with van der Waals surface area (Å²) in [4.78, 5) is 37.3. The van der Waals surface area contributed by atoms with Crippen molar-refractivity contribution in [1.82, 2.24) is 9.47 Å². The standard InChI is InChI=1S/C16H18N2O5S/c1-22-15(20)10-24-11-6-7-17(8-11)14(19)9-18-12-4-2-3-5-13(12)23-16(18)21/h2-5,11H,6-10H2,1H3/t11-/m0/s1. The van der Waals surface area contributed by atoms with Gasteiger partial charge in [-0.1, -0.05) is 12.1 Å². The molecule has 1 amide bonds. The van der Waals surface area contributed by atoms with Crippen LogP contribution in [0.2, 0.25) is 0 Å². The SMILES string of the molecule is COC(=O)CS[C@H]1CCN(C(=O)Cn2c(=O)oc3ccccc32)C1. The van der Waals surface area contributed by atoms with Crippen molar-refractivity contribution in [3.63, 3.8) is 0 Å². The van der Waals surface area contributed by atoms with Gasteiger partial charge in [0.2, 0.25) is 5.91 Å². The predicted molar refractivity (Wildman–Crippen MR) is 89.9 cm³/mol. The average molecular weight is 350 g/mol. The molecule has 0 saturated carbocycles. The van der Waals surface area contributed by atoms with Gasteiger partial charge >= 0.3 is 11.7 Å². The highest BCUT2D eigenvalue weighted by molar-refractivity contribution is 8.00. The lowest BCUT2D eigenvalue weighted by Crippen LogP contribution is -2.34. The van der Waals surface area contributed by atoms with Crippen molar-refractivity contribution in [2.45, 2.75) is 18.2 Å². The molecule has 128 valence electrons. The van der Waals surface area contributed by atoms with E-state index in [9.17, 15) is 14.4 Å². The lowest BCUT2D eigenvalue weighted by Gasteiger charge is -2.16. The van der Waals surface area contributed by atoms with Gasteiger partial charge in [-0.15, -0.1) is 11.8 Å². The van der Waals surface area contributed by atoms with Crippen LogP contribution in [-0.2, 0) is 20.9 Å². The first-order valence-corrected chi connectivity index (χ1v) is 8.68. The van der Waals surface area contributed by atoms with Crippen molar-refractivity contribution in [2.75, 3.05) is 26.0 Å². The monoisotopic (exact) mass is 350 g/mol. The molecule has 2 aromatic rings. The van der Waals surface area contributed by atoms with Crippen molar-refractivity contribution in [3.8, 4) is 0 Å². The van der Waals surface area contributed by atoms with Crippen LogP contribution in [0.25, 0.3) is 11.1 Å². The zero-order valence-corrected chi connectivity index (χ0v) is 14.1. The van der Waals surface area contributed by atoms with E-state index in [1.807, 2.05) is 0 Å². The summed E-state index contributed by atoms with van der Waals surface area (Å²) in [5.74, 6) is -0.624. The average Bonchev–Trinajstić information content (AvgIpc) is 3.18. The summed E-state index contributed by atoms with van der Waals surface area (Å²) in [6, 6.07) is 7.04. The summed E-state index contributed by atoms with van der Waals surface area (Å²) >= 11 is 1.50. The highest BCUT2D eigenvalue weighted by Crippen LogP contribution is 2.23. The molecule has 1 aliphatic rings. The molecule has 0 N–H and O–H groups in total. The summed E-state index contributed by atoms with van der Waals surface area (Å²) in [6.45, 7) is 1.16. The topological polar surface area (TPSA) is 81.8 Å². The molecule has 0 radical (unpaired) electrons. The molecule has 24 heavy (non-hydrogen) atoms. The number of aromatic nitrogens is 1. The quantitative estimate of drug-likeness (QED) is 0.751. The van der Waals surface area contributed by atoms with Gasteiger partial charge in [0, 0.05) is 18.3 Å². The Labute approximate surface area is 142 Å². The molecule has 2 heterocycles. The number of rotatable bonds is 5. The lowest BCUT2D eigenvalue weighted by molar-refractivity contribution is -0.137. The Bertz CT molecular complexity index is 812. The molecule has 0 aliphatic carbocycles. The van der Waals surface area contributed by atoms with Crippen LogP contribution in [0.1, 0.15) is 6.42 Å². The van der Waals surface area contributed by atoms with Gasteiger partial charge < -0.3 is 14.1 Å². The molecule has 1 saturated heterocycles. The molecule has 1 atom stereocenters. The normalized spacial score (nSPS) is 17.4. The van der Waals surface area contributed by atoms with E-state index < -0.39 is 5.76 Å². The van der Waals surface area contributed by atoms with Crippen molar-refractivity contribution in [1.29, 1.82) is 0 Å². The Hall–Kier alpha value is -2.22. The van der Waals surface area contributed by atoms with E-state index in [1.54, 1.807) is 29.2 Å². The Morgan fingerprint density at radius 3 is 2.96 bits per heavy atom. The van der Waals surface area contributed by atoms with Gasteiger partial charge in [0.05, 0.1) is 18.4 Å². The molecule has 0 spiro atoms. The van der Waals surface area contributed by atoms with Crippen LogP contribution >= 0.6 is 11.8 Å². The third-order valence-electron chi connectivity index (χ3n) is 4.03. The van der Waals surface area contributed by atoms with Crippen LogP contribution in [0.15, 0.2) is 33.5 Å². The minimum absolute atomic E-state index is 0.0375. The Balaban J connectivity index is 1.62. The molecule has 8 heteroatoms. The lowest BCUT2D eigenvalue weighted by atomic mass is 10.3. The molecule has 1 aromatic heterocycles. The van der Waals surface area contributed by atoms with Crippen LogP contribution in [-0.4, -0.2) is 52.5 Å². The number of hydrogen-bond donors (Lipinski definition) is 0. The summed E-state index contributed by atoms with van der Waals surface area (Å²) in [7, 11) is 1.36. The molecule has 1 aliphatic heterocycles. The molecule has 3 rings (SSSR count).